The van der Waals surface area contributed by atoms with Crippen molar-refractivity contribution in [2.24, 2.45) is 0 Å². The largest absolute Gasteiger partial charge is 0.352 e. The Morgan fingerprint density at radius 3 is 2.17 bits per heavy atom. The first-order valence-electron chi connectivity index (χ1n) is 14.2. The number of carbonyl (C=O) groups is 4. The van der Waals surface area contributed by atoms with Gasteiger partial charge in [-0.25, -0.2) is 0 Å². The second-order valence-corrected chi connectivity index (χ2v) is 11.7. The summed E-state index contributed by atoms with van der Waals surface area (Å²) in [6.07, 6.45) is 4.87. The van der Waals surface area contributed by atoms with Crippen LogP contribution in [0, 0.1) is 0 Å². The SMILES string of the molecule is O=C(NC1CCCC1)[C@H](Cc1ccccc1)N(Cc1cccc(Br)c1)C(=O)CCCN1C(=O)c2ccccc2C1=O. The van der Waals surface area contributed by atoms with Crippen molar-refractivity contribution in [1.82, 2.24) is 15.1 Å². The van der Waals surface area contributed by atoms with Gasteiger partial charge in [-0.15, -0.1) is 0 Å². The maximum absolute atomic E-state index is 13.9. The van der Waals surface area contributed by atoms with Crippen molar-refractivity contribution in [2.45, 2.75) is 63.6 Å². The Labute approximate surface area is 249 Å². The number of fused-ring (bicyclic) bond motifs is 1. The van der Waals surface area contributed by atoms with Gasteiger partial charge in [0.2, 0.25) is 11.8 Å². The molecule has 8 heteroatoms. The van der Waals surface area contributed by atoms with Crippen LogP contribution in [0.4, 0.5) is 0 Å². The van der Waals surface area contributed by atoms with Crippen molar-refractivity contribution in [1.29, 1.82) is 0 Å². The highest BCUT2D eigenvalue weighted by atomic mass is 79.9. The second-order valence-electron chi connectivity index (χ2n) is 10.8. The van der Waals surface area contributed by atoms with Gasteiger partial charge in [0.25, 0.3) is 11.8 Å². The summed E-state index contributed by atoms with van der Waals surface area (Å²) in [6.45, 7) is 0.404. The second kappa shape index (κ2) is 13.3. The molecule has 0 spiro atoms. The summed E-state index contributed by atoms with van der Waals surface area (Å²) in [5.41, 5.74) is 2.66. The molecule has 3 aromatic carbocycles. The highest BCUT2D eigenvalue weighted by Gasteiger charge is 2.36. The third-order valence-corrected chi connectivity index (χ3v) is 8.36. The molecule has 4 amide bonds. The van der Waals surface area contributed by atoms with Crippen LogP contribution in [0.2, 0.25) is 0 Å². The molecule has 0 unspecified atom stereocenters. The topological polar surface area (TPSA) is 86.8 Å². The maximum atomic E-state index is 13.9. The zero-order valence-electron chi connectivity index (χ0n) is 22.9. The number of imide groups is 1. The average Bonchev–Trinajstić information content (AvgIpc) is 3.57. The molecular weight excluding hydrogens is 582 g/mol. The van der Waals surface area contributed by atoms with Crippen LogP contribution < -0.4 is 5.32 Å². The number of carbonyl (C=O) groups excluding carboxylic acids is 4. The number of hydrogen-bond acceptors (Lipinski definition) is 4. The van der Waals surface area contributed by atoms with Crippen molar-refractivity contribution in [3.63, 3.8) is 0 Å². The summed E-state index contributed by atoms with van der Waals surface area (Å²) in [6, 6.07) is 23.7. The van der Waals surface area contributed by atoms with Gasteiger partial charge in [0, 0.05) is 36.4 Å². The standard InChI is InChI=1S/C33H34BrN3O4/c34-25-13-8-12-24(20-25)22-37(29(21-23-10-2-1-3-11-23)31(39)35-26-14-4-5-15-26)30(38)18-9-19-36-32(40)27-16-6-7-17-28(27)33(36)41/h1-3,6-8,10-13,16-17,20,26,29H,4-5,9,14-15,18-19,21-22H2,(H,35,39)/t29-/m0/s1. The van der Waals surface area contributed by atoms with Gasteiger partial charge in [-0.3, -0.25) is 24.1 Å². The average molecular weight is 617 g/mol. The van der Waals surface area contributed by atoms with Gasteiger partial charge in [0.15, 0.2) is 0 Å². The molecule has 1 N–H and O–H groups in total. The van der Waals surface area contributed by atoms with Gasteiger partial charge < -0.3 is 10.2 Å². The summed E-state index contributed by atoms with van der Waals surface area (Å²) < 4.78 is 0.892. The van der Waals surface area contributed by atoms with Crippen LogP contribution >= 0.6 is 15.9 Å². The molecule has 3 aromatic rings. The molecule has 5 rings (SSSR count). The zero-order chi connectivity index (χ0) is 28.8. The Bertz CT molecular complexity index is 1390. The molecule has 0 aromatic heterocycles. The Morgan fingerprint density at radius 2 is 1.51 bits per heavy atom. The predicted molar refractivity (Wildman–Crippen MR) is 160 cm³/mol. The van der Waals surface area contributed by atoms with Gasteiger partial charge >= 0.3 is 0 Å². The van der Waals surface area contributed by atoms with Crippen LogP contribution in [0.25, 0.3) is 0 Å². The number of nitrogens with one attached hydrogen (secondary N) is 1. The Kier molecular flexibility index (Phi) is 9.29. The lowest BCUT2D eigenvalue weighted by Gasteiger charge is -2.32. The van der Waals surface area contributed by atoms with Gasteiger partial charge in [0.1, 0.15) is 6.04 Å². The van der Waals surface area contributed by atoms with Crippen LogP contribution in [0.1, 0.15) is 70.4 Å². The third kappa shape index (κ3) is 6.93. The first-order valence-corrected chi connectivity index (χ1v) is 15.0. The molecule has 212 valence electrons. The predicted octanol–water partition coefficient (Wildman–Crippen LogP) is 5.52. The smallest absolute Gasteiger partial charge is 0.261 e. The molecule has 0 saturated heterocycles. The highest BCUT2D eigenvalue weighted by Crippen LogP contribution is 2.24. The fourth-order valence-electron chi connectivity index (χ4n) is 5.73. The van der Waals surface area contributed by atoms with Crippen LogP contribution in [0.3, 0.4) is 0 Å². The molecule has 1 aliphatic heterocycles. The quantitative estimate of drug-likeness (QED) is 0.288. The van der Waals surface area contributed by atoms with Gasteiger partial charge in [0.05, 0.1) is 11.1 Å². The molecule has 1 saturated carbocycles. The molecule has 1 atom stereocenters. The number of benzene rings is 3. The first-order chi connectivity index (χ1) is 19.9. The van der Waals surface area contributed by atoms with E-state index in [9.17, 15) is 19.2 Å². The lowest BCUT2D eigenvalue weighted by atomic mass is 10.0. The fourth-order valence-corrected chi connectivity index (χ4v) is 6.17. The molecule has 41 heavy (non-hydrogen) atoms. The molecule has 2 aliphatic rings. The summed E-state index contributed by atoms with van der Waals surface area (Å²) >= 11 is 3.52. The van der Waals surface area contributed by atoms with E-state index < -0.39 is 6.04 Å². The number of rotatable bonds is 11. The van der Waals surface area contributed by atoms with Crippen molar-refractivity contribution in [2.75, 3.05) is 6.54 Å². The number of hydrogen-bond donors (Lipinski definition) is 1. The first kappa shape index (κ1) is 28.7. The van der Waals surface area contributed by atoms with E-state index >= 15 is 0 Å². The minimum Gasteiger partial charge on any atom is -0.352 e. The summed E-state index contributed by atoms with van der Waals surface area (Å²) in [5, 5.41) is 3.21. The van der Waals surface area contributed by atoms with Gasteiger partial charge in [-0.05, 0) is 54.7 Å². The van der Waals surface area contributed by atoms with E-state index in [-0.39, 0.29) is 49.2 Å². The lowest BCUT2D eigenvalue weighted by molar-refractivity contribution is -0.141. The van der Waals surface area contributed by atoms with E-state index in [1.54, 1.807) is 29.2 Å². The molecule has 1 aliphatic carbocycles. The van der Waals surface area contributed by atoms with E-state index in [2.05, 4.69) is 21.2 Å². The van der Waals surface area contributed by atoms with E-state index in [4.69, 9.17) is 0 Å². The van der Waals surface area contributed by atoms with Crippen LogP contribution in [0.5, 0.6) is 0 Å². The molecule has 0 radical (unpaired) electrons. The van der Waals surface area contributed by atoms with E-state index in [1.807, 2.05) is 54.6 Å². The van der Waals surface area contributed by atoms with E-state index in [0.29, 0.717) is 24.0 Å². The van der Waals surface area contributed by atoms with Crippen LogP contribution in [-0.2, 0) is 22.6 Å². The molecule has 0 bridgehead atoms. The maximum Gasteiger partial charge on any atom is 0.261 e. The van der Waals surface area contributed by atoms with Crippen molar-refractivity contribution in [3.05, 3.63) is 106 Å². The molecule has 7 nitrogen and oxygen atoms in total. The Balaban J connectivity index is 1.35. The van der Waals surface area contributed by atoms with Gasteiger partial charge in [-0.1, -0.05) is 83.4 Å². The zero-order valence-corrected chi connectivity index (χ0v) is 24.5. The number of halogens is 1. The van der Waals surface area contributed by atoms with E-state index in [0.717, 1.165) is 41.3 Å². The van der Waals surface area contributed by atoms with Crippen LogP contribution in [-0.4, -0.2) is 52.1 Å². The minimum absolute atomic E-state index is 0.101. The summed E-state index contributed by atoms with van der Waals surface area (Å²) in [5.74, 6) is -1.00. The Hall–Kier alpha value is -3.78. The number of nitrogens with zero attached hydrogens (tertiary/aromatic N) is 2. The molecule has 1 heterocycles. The summed E-state index contributed by atoms with van der Waals surface area (Å²) in [4.78, 5) is 56.2. The fraction of sp³-hybridized carbons (Fsp3) is 0.333. The van der Waals surface area contributed by atoms with E-state index in [1.165, 1.54) is 4.90 Å². The Morgan fingerprint density at radius 1 is 0.878 bits per heavy atom. The monoisotopic (exact) mass is 615 g/mol. The van der Waals surface area contributed by atoms with Crippen molar-refractivity contribution < 1.29 is 19.2 Å². The van der Waals surface area contributed by atoms with Crippen molar-refractivity contribution >= 4 is 39.6 Å². The number of amides is 4. The molecule has 1 fully saturated rings. The van der Waals surface area contributed by atoms with Crippen LogP contribution in [0.15, 0.2) is 83.3 Å². The highest BCUT2D eigenvalue weighted by molar-refractivity contribution is 9.10. The summed E-state index contributed by atoms with van der Waals surface area (Å²) in [7, 11) is 0. The molecular formula is C33H34BrN3O4. The van der Waals surface area contributed by atoms with Crippen molar-refractivity contribution in [3.8, 4) is 0 Å². The lowest BCUT2D eigenvalue weighted by Crippen LogP contribution is -2.52. The minimum atomic E-state index is -0.705. The van der Waals surface area contributed by atoms with Gasteiger partial charge in [-0.2, -0.15) is 0 Å². The third-order valence-electron chi connectivity index (χ3n) is 7.87. The normalized spacial score (nSPS) is 15.6.